The molecular weight excluding hydrogens is 213 g/mol. The van der Waals surface area contributed by atoms with Gasteiger partial charge in [0.15, 0.2) is 11.6 Å². The van der Waals surface area contributed by atoms with Crippen LogP contribution >= 0.6 is 15.9 Å². The van der Waals surface area contributed by atoms with E-state index in [-0.39, 0.29) is 15.9 Å². The largest absolute Gasteiger partial charge is 0.294 e. The van der Waals surface area contributed by atoms with Crippen molar-refractivity contribution < 1.29 is 9.18 Å². The second-order valence-electron chi connectivity index (χ2n) is 2.02. The molecular formula is C7H5BrFNO. The number of nitrogens with zero attached hydrogens (tertiary/aromatic N) is 1. The first-order valence-electron chi connectivity index (χ1n) is 2.94. The van der Waals surface area contributed by atoms with Crippen LogP contribution in [0, 0.1) is 5.82 Å². The maximum absolute atomic E-state index is 12.9. The minimum atomic E-state index is -0.597. The highest BCUT2D eigenvalue weighted by Crippen LogP contribution is 2.15. The van der Waals surface area contributed by atoms with Crippen molar-refractivity contribution >= 4 is 21.7 Å². The summed E-state index contributed by atoms with van der Waals surface area (Å²) in [5.41, 5.74) is 0.0619. The molecule has 0 aromatic carbocycles. The Labute approximate surface area is 71.6 Å². The number of ketones is 1. The van der Waals surface area contributed by atoms with Crippen LogP contribution in [0.2, 0.25) is 0 Å². The molecule has 0 bridgehead atoms. The second-order valence-corrected chi connectivity index (χ2v) is 2.77. The zero-order chi connectivity index (χ0) is 8.43. The summed E-state index contributed by atoms with van der Waals surface area (Å²) in [6.07, 6.45) is 1.38. The first-order valence-corrected chi connectivity index (χ1v) is 3.73. The summed E-state index contributed by atoms with van der Waals surface area (Å²) in [5, 5.41) is 0. The number of hydrogen-bond acceptors (Lipinski definition) is 2. The topological polar surface area (TPSA) is 30.0 Å². The van der Waals surface area contributed by atoms with E-state index >= 15 is 0 Å². The van der Waals surface area contributed by atoms with Gasteiger partial charge in [-0.2, -0.15) is 0 Å². The summed E-state index contributed by atoms with van der Waals surface area (Å²) in [5.74, 6) is -0.898. The number of carbonyl (C=O) groups excluding carboxylic acids is 1. The predicted octanol–water partition coefficient (Wildman–Crippen LogP) is 2.19. The molecule has 1 heterocycles. The molecule has 0 radical (unpaired) electrons. The fourth-order valence-corrected chi connectivity index (χ4v) is 1.02. The molecule has 0 aliphatic rings. The molecule has 0 N–H and O–H groups in total. The van der Waals surface area contributed by atoms with Crippen LogP contribution in [0.3, 0.4) is 0 Å². The zero-order valence-electron chi connectivity index (χ0n) is 5.77. The lowest BCUT2D eigenvalue weighted by atomic mass is 10.2. The zero-order valence-corrected chi connectivity index (χ0v) is 7.35. The second kappa shape index (κ2) is 3.09. The van der Waals surface area contributed by atoms with Crippen molar-refractivity contribution in [3.05, 3.63) is 28.2 Å². The Morgan fingerprint density at radius 1 is 1.73 bits per heavy atom. The smallest absolute Gasteiger partial charge is 0.166 e. The van der Waals surface area contributed by atoms with E-state index in [2.05, 4.69) is 20.9 Å². The van der Waals surface area contributed by atoms with Crippen molar-refractivity contribution in [2.24, 2.45) is 0 Å². The Morgan fingerprint density at radius 2 is 2.36 bits per heavy atom. The van der Waals surface area contributed by atoms with Gasteiger partial charge in [0.2, 0.25) is 0 Å². The normalized spacial score (nSPS) is 9.73. The van der Waals surface area contributed by atoms with Crippen molar-refractivity contribution in [3.63, 3.8) is 0 Å². The quantitative estimate of drug-likeness (QED) is 0.534. The van der Waals surface area contributed by atoms with Crippen molar-refractivity contribution in [2.45, 2.75) is 6.92 Å². The molecule has 0 amide bonds. The van der Waals surface area contributed by atoms with Gasteiger partial charge in [0.05, 0.1) is 5.56 Å². The summed E-state index contributed by atoms with van der Waals surface area (Å²) < 4.78 is 13.0. The molecule has 1 aromatic rings. The fraction of sp³-hybridized carbons (Fsp3) is 0.143. The van der Waals surface area contributed by atoms with Crippen LogP contribution in [0.5, 0.6) is 0 Å². The highest BCUT2D eigenvalue weighted by molar-refractivity contribution is 9.10. The van der Waals surface area contributed by atoms with Gasteiger partial charge >= 0.3 is 0 Å². The number of hydrogen-bond donors (Lipinski definition) is 0. The summed E-state index contributed by atoms with van der Waals surface area (Å²) in [6, 6.07) is 1.35. The van der Waals surface area contributed by atoms with E-state index in [0.29, 0.717) is 0 Å². The Morgan fingerprint density at radius 3 is 2.82 bits per heavy atom. The minimum Gasteiger partial charge on any atom is -0.294 e. The van der Waals surface area contributed by atoms with Gasteiger partial charge in [-0.15, -0.1) is 0 Å². The average molecular weight is 218 g/mol. The first kappa shape index (κ1) is 8.33. The predicted molar refractivity (Wildman–Crippen MR) is 41.9 cm³/mol. The van der Waals surface area contributed by atoms with Crippen LogP contribution in [-0.2, 0) is 0 Å². The van der Waals surface area contributed by atoms with E-state index in [9.17, 15) is 9.18 Å². The van der Waals surface area contributed by atoms with Crippen LogP contribution in [0.25, 0.3) is 0 Å². The third kappa shape index (κ3) is 1.63. The summed E-state index contributed by atoms with van der Waals surface area (Å²) in [7, 11) is 0. The van der Waals surface area contributed by atoms with E-state index in [1.54, 1.807) is 0 Å². The van der Waals surface area contributed by atoms with Crippen molar-refractivity contribution in [1.29, 1.82) is 0 Å². The summed E-state index contributed by atoms with van der Waals surface area (Å²) >= 11 is 2.88. The lowest BCUT2D eigenvalue weighted by Crippen LogP contribution is -1.98. The Bertz CT molecular complexity index is 300. The maximum atomic E-state index is 12.9. The van der Waals surface area contributed by atoms with Gasteiger partial charge in [-0.25, -0.2) is 9.37 Å². The van der Waals surface area contributed by atoms with Gasteiger partial charge in [-0.3, -0.25) is 4.79 Å². The van der Waals surface area contributed by atoms with Gasteiger partial charge in [0, 0.05) is 6.20 Å². The number of rotatable bonds is 1. The van der Waals surface area contributed by atoms with Crippen LogP contribution in [0.4, 0.5) is 4.39 Å². The standard InChI is InChI=1S/C7H5BrFNO/c1-4(11)5-2-3-10-7(8)6(5)9/h2-3H,1H3. The Hall–Kier alpha value is -0.770. The molecule has 2 nitrogen and oxygen atoms in total. The van der Waals surface area contributed by atoms with E-state index < -0.39 is 5.82 Å². The van der Waals surface area contributed by atoms with Crippen molar-refractivity contribution in [2.75, 3.05) is 0 Å². The molecule has 1 rings (SSSR count). The Balaban J connectivity index is 3.27. The molecule has 11 heavy (non-hydrogen) atoms. The number of carbonyl (C=O) groups is 1. The van der Waals surface area contributed by atoms with E-state index in [0.717, 1.165) is 0 Å². The molecule has 0 fully saturated rings. The fourth-order valence-electron chi connectivity index (χ4n) is 0.690. The SMILES string of the molecule is CC(=O)c1ccnc(Br)c1F. The number of Topliss-reactive ketones (excluding diaryl/α,β-unsaturated/α-hetero) is 1. The van der Waals surface area contributed by atoms with Crippen molar-refractivity contribution in [1.82, 2.24) is 4.98 Å². The molecule has 0 spiro atoms. The molecule has 58 valence electrons. The van der Waals surface area contributed by atoms with Crippen LogP contribution < -0.4 is 0 Å². The molecule has 0 aliphatic carbocycles. The number of halogens is 2. The third-order valence-corrected chi connectivity index (χ3v) is 1.78. The van der Waals surface area contributed by atoms with Gasteiger partial charge in [-0.05, 0) is 28.9 Å². The summed E-state index contributed by atoms with van der Waals surface area (Å²) in [4.78, 5) is 14.3. The van der Waals surface area contributed by atoms with Gasteiger partial charge in [0.1, 0.15) is 4.60 Å². The minimum absolute atomic E-state index is 0.0619. The van der Waals surface area contributed by atoms with Gasteiger partial charge in [0.25, 0.3) is 0 Å². The number of aromatic nitrogens is 1. The van der Waals surface area contributed by atoms with E-state index in [4.69, 9.17) is 0 Å². The lowest BCUT2D eigenvalue weighted by molar-refractivity contribution is 0.101. The highest BCUT2D eigenvalue weighted by Gasteiger charge is 2.09. The molecule has 0 saturated carbocycles. The molecule has 4 heteroatoms. The Kier molecular flexibility index (Phi) is 2.34. The van der Waals surface area contributed by atoms with Crippen molar-refractivity contribution in [3.8, 4) is 0 Å². The maximum Gasteiger partial charge on any atom is 0.166 e. The van der Waals surface area contributed by atoms with Gasteiger partial charge < -0.3 is 0 Å². The molecule has 0 aliphatic heterocycles. The molecule has 1 aromatic heterocycles. The van der Waals surface area contributed by atoms with Crippen LogP contribution in [0.1, 0.15) is 17.3 Å². The first-order chi connectivity index (χ1) is 5.13. The van der Waals surface area contributed by atoms with E-state index in [1.165, 1.54) is 19.2 Å². The van der Waals surface area contributed by atoms with Gasteiger partial charge in [-0.1, -0.05) is 0 Å². The monoisotopic (exact) mass is 217 g/mol. The van der Waals surface area contributed by atoms with Crippen LogP contribution in [-0.4, -0.2) is 10.8 Å². The average Bonchev–Trinajstić information content (AvgIpc) is 1.94. The summed E-state index contributed by atoms with van der Waals surface area (Å²) in [6.45, 7) is 1.31. The molecule has 0 unspecified atom stereocenters. The number of pyridine rings is 1. The molecule has 0 atom stereocenters. The lowest BCUT2D eigenvalue weighted by Gasteiger charge is -1.97. The molecule has 0 saturated heterocycles. The highest BCUT2D eigenvalue weighted by atomic mass is 79.9. The van der Waals surface area contributed by atoms with E-state index in [1.807, 2.05) is 0 Å². The third-order valence-electron chi connectivity index (χ3n) is 1.23. The van der Waals surface area contributed by atoms with Crippen LogP contribution in [0.15, 0.2) is 16.9 Å².